The van der Waals surface area contributed by atoms with Crippen LogP contribution in [0.25, 0.3) is 0 Å². The van der Waals surface area contributed by atoms with E-state index in [4.69, 9.17) is 10.5 Å². The maximum Gasteiger partial charge on any atom is 0.246 e. The number of aromatic nitrogens is 2. The van der Waals surface area contributed by atoms with Gasteiger partial charge in [0.15, 0.2) is 5.96 Å². The lowest BCUT2D eigenvalue weighted by atomic mass is 10.2. The highest BCUT2D eigenvalue weighted by molar-refractivity contribution is 14.0. The molecule has 1 unspecified atom stereocenters. The monoisotopic (exact) mass is 472 g/mol. The van der Waals surface area contributed by atoms with Crippen LogP contribution in [0.1, 0.15) is 12.5 Å². The average Bonchev–Trinajstić information content (AvgIpc) is 3.06. The van der Waals surface area contributed by atoms with E-state index in [2.05, 4.69) is 20.7 Å². The number of carbonyl (C=O) groups excluding carboxylic acids is 1. The first-order valence-electron chi connectivity index (χ1n) is 7.98. The van der Waals surface area contributed by atoms with Crippen molar-refractivity contribution < 1.29 is 9.53 Å². The Morgan fingerprint density at radius 1 is 1.42 bits per heavy atom. The fourth-order valence-corrected chi connectivity index (χ4v) is 2.26. The van der Waals surface area contributed by atoms with E-state index in [1.165, 1.54) is 0 Å². The molecule has 0 bridgehead atoms. The number of hydrogen-bond acceptors (Lipinski definition) is 4. The van der Waals surface area contributed by atoms with Gasteiger partial charge < -0.3 is 21.1 Å². The van der Waals surface area contributed by atoms with Crippen LogP contribution in [0.2, 0.25) is 0 Å². The maximum atomic E-state index is 12.0. The number of rotatable bonds is 8. The molecule has 1 aromatic heterocycles. The van der Waals surface area contributed by atoms with Gasteiger partial charge in [0, 0.05) is 31.2 Å². The molecule has 0 aliphatic carbocycles. The van der Waals surface area contributed by atoms with E-state index < -0.39 is 0 Å². The van der Waals surface area contributed by atoms with Crippen molar-refractivity contribution in [1.82, 2.24) is 15.1 Å². The van der Waals surface area contributed by atoms with E-state index in [-0.39, 0.29) is 42.5 Å². The number of nitrogens with one attached hydrogen (secondary N) is 2. The van der Waals surface area contributed by atoms with Gasteiger partial charge in [0.25, 0.3) is 0 Å². The highest BCUT2D eigenvalue weighted by Gasteiger charge is 2.05. The Labute approximate surface area is 170 Å². The summed E-state index contributed by atoms with van der Waals surface area (Å²) < 4.78 is 6.60. The summed E-state index contributed by atoms with van der Waals surface area (Å²) in [6, 6.07) is 9.36. The van der Waals surface area contributed by atoms with Gasteiger partial charge in [-0.2, -0.15) is 5.10 Å². The van der Waals surface area contributed by atoms with E-state index in [9.17, 15) is 4.79 Å². The summed E-state index contributed by atoms with van der Waals surface area (Å²) >= 11 is 0. The predicted molar refractivity (Wildman–Crippen MR) is 113 cm³/mol. The van der Waals surface area contributed by atoms with Crippen LogP contribution < -0.4 is 16.4 Å². The smallest absolute Gasteiger partial charge is 0.246 e. The molecule has 0 saturated heterocycles. The van der Waals surface area contributed by atoms with Gasteiger partial charge in [-0.15, -0.1) is 24.0 Å². The summed E-state index contributed by atoms with van der Waals surface area (Å²) in [5.41, 5.74) is 7.51. The van der Waals surface area contributed by atoms with Crippen LogP contribution in [0.5, 0.6) is 0 Å². The number of guanidine groups is 1. The molecule has 1 aromatic carbocycles. The van der Waals surface area contributed by atoms with Crippen molar-refractivity contribution in [2.45, 2.75) is 26.1 Å². The van der Waals surface area contributed by atoms with Gasteiger partial charge in [0.1, 0.15) is 6.54 Å². The van der Waals surface area contributed by atoms with Gasteiger partial charge >= 0.3 is 0 Å². The largest absolute Gasteiger partial charge is 0.383 e. The van der Waals surface area contributed by atoms with Crippen molar-refractivity contribution in [3.8, 4) is 0 Å². The zero-order chi connectivity index (χ0) is 18.1. The Kier molecular flexibility index (Phi) is 9.66. The van der Waals surface area contributed by atoms with Gasteiger partial charge in [-0.1, -0.05) is 12.1 Å². The number of nitrogens with two attached hydrogens (primary N) is 1. The van der Waals surface area contributed by atoms with Crippen LogP contribution in [-0.4, -0.2) is 41.4 Å². The number of aliphatic imine (C=N–C) groups is 1. The molecule has 1 amide bonds. The number of hydrogen-bond donors (Lipinski definition) is 3. The molecule has 2 aromatic rings. The van der Waals surface area contributed by atoms with Crippen LogP contribution in [0, 0.1) is 0 Å². The zero-order valence-corrected chi connectivity index (χ0v) is 17.2. The molecule has 0 aliphatic rings. The van der Waals surface area contributed by atoms with Crippen molar-refractivity contribution in [3.05, 3.63) is 48.3 Å². The molecule has 2 rings (SSSR count). The Hall–Kier alpha value is -2.14. The Bertz CT molecular complexity index is 705. The quantitative estimate of drug-likeness (QED) is 0.307. The minimum Gasteiger partial charge on any atom is -0.383 e. The van der Waals surface area contributed by atoms with E-state index in [1.807, 2.05) is 31.2 Å². The number of ether oxygens (including phenoxy) is 1. The summed E-state index contributed by atoms with van der Waals surface area (Å²) in [4.78, 5) is 16.3. The minimum absolute atomic E-state index is 0. The van der Waals surface area contributed by atoms with Gasteiger partial charge in [-0.25, -0.2) is 4.99 Å². The standard InChI is InChI=1S/C17H24N6O2.HI/c1-13(12-25-2)21-17(18)19-10-14-5-3-6-15(9-14)22-16(24)11-23-8-4-7-20-23;/h3-9,13H,10-12H2,1-2H3,(H,22,24)(H3,18,19,21);1H. The second kappa shape index (κ2) is 11.5. The van der Waals surface area contributed by atoms with Crippen molar-refractivity contribution in [1.29, 1.82) is 0 Å². The second-order valence-electron chi connectivity index (χ2n) is 5.65. The molecule has 142 valence electrons. The predicted octanol–water partition coefficient (Wildman–Crippen LogP) is 1.58. The maximum absolute atomic E-state index is 12.0. The molecule has 0 spiro atoms. The molecule has 1 atom stereocenters. The lowest BCUT2D eigenvalue weighted by molar-refractivity contribution is -0.116. The van der Waals surface area contributed by atoms with Gasteiger partial charge in [-0.3, -0.25) is 9.48 Å². The normalized spacial score (nSPS) is 12.2. The number of methoxy groups -OCH3 is 1. The molecular formula is C17H25IN6O2. The van der Waals surface area contributed by atoms with Gasteiger partial charge in [0.05, 0.1) is 13.2 Å². The van der Waals surface area contributed by atoms with Crippen LogP contribution in [0.15, 0.2) is 47.7 Å². The highest BCUT2D eigenvalue weighted by atomic mass is 127. The summed E-state index contributed by atoms with van der Waals surface area (Å²) in [6.45, 7) is 3.10. The third-order valence-corrected chi connectivity index (χ3v) is 3.32. The molecule has 0 saturated carbocycles. The molecule has 9 heteroatoms. The first-order chi connectivity index (χ1) is 12.1. The number of halogens is 1. The second-order valence-corrected chi connectivity index (χ2v) is 5.65. The molecule has 0 aliphatic heterocycles. The average molecular weight is 472 g/mol. The Morgan fingerprint density at radius 3 is 2.92 bits per heavy atom. The van der Waals surface area contributed by atoms with Crippen LogP contribution in [0.3, 0.4) is 0 Å². The Morgan fingerprint density at radius 2 is 2.23 bits per heavy atom. The summed E-state index contributed by atoms with van der Waals surface area (Å²) in [5.74, 6) is 0.219. The first-order valence-corrected chi connectivity index (χ1v) is 7.98. The number of benzene rings is 1. The first kappa shape index (κ1) is 21.9. The third kappa shape index (κ3) is 7.83. The molecule has 0 fully saturated rings. The van der Waals surface area contributed by atoms with Gasteiger partial charge in [0.2, 0.25) is 5.91 Å². The number of carbonyl (C=O) groups is 1. The van der Waals surface area contributed by atoms with E-state index >= 15 is 0 Å². The van der Waals surface area contributed by atoms with Crippen molar-refractivity contribution >= 4 is 41.5 Å². The fraction of sp³-hybridized carbons (Fsp3) is 0.353. The number of nitrogens with zero attached hydrogens (tertiary/aromatic N) is 3. The van der Waals surface area contributed by atoms with Crippen molar-refractivity contribution in [2.24, 2.45) is 10.7 Å². The molecule has 1 heterocycles. The minimum atomic E-state index is -0.140. The number of anilines is 1. The van der Waals surface area contributed by atoms with Crippen LogP contribution in [0.4, 0.5) is 5.69 Å². The van der Waals surface area contributed by atoms with E-state index in [1.54, 1.807) is 30.3 Å². The number of amides is 1. The highest BCUT2D eigenvalue weighted by Crippen LogP contribution is 2.11. The van der Waals surface area contributed by atoms with Crippen molar-refractivity contribution in [3.63, 3.8) is 0 Å². The van der Waals surface area contributed by atoms with Crippen LogP contribution >= 0.6 is 24.0 Å². The molecule has 4 N–H and O–H groups in total. The lowest BCUT2D eigenvalue weighted by Crippen LogP contribution is -2.40. The zero-order valence-electron chi connectivity index (χ0n) is 14.9. The molecule has 0 radical (unpaired) electrons. The lowest BCUT2D eigenvalue weighted by Gasteiger charge is -2.13. The summed E-state index contributed by atoms with van der Waals surface area (Å²) in [6.07, 6.45) is 3.38. The summed E-state index contributed by atoms with van der Waals surface area (Å²) in [5, 5.41) is 9.90. The third-order valence-electron chi connectivity index (χ3n) is 3.32. The molecule has 8 nitrogen and oxygen atoms in total. The topological polar surface area (TPSA) is 107 Å². The molecular weight excluding hydrogens is 447 g/mol. The van der Waals surface area contributed by atoms with Crippen molar-refractivity contribution in [2.75, 3.05) is 19.0 Å². The van der Waals surface area contributed by atoms with E-state index in [0.29, 0.717) is 24.8 Å². The SMILES string of the molecule is COCC(C)NC(N)=NCc1cccc(NC(=O)Cn2cccn2)c1.I. The Balaban J connectivity index is 0.00000338. The van der Waals surface area contributed by atoms with E-state index in [0.717, 1.165) is 5.56 Å². The van der Waals surface area contributed by atoms with Crippen LogP contribution in [-0.2, 0) is 22.6 Å². The molecule has 26 heavy (non-hydrogen) atoms. The summed E-state index contributed by atoms with van der Waals surface area (Å²) in [7, 11) is 1.64. The van der Waals surface area contributed by atoms with Gasteiger partial charge in [-0.05, 0) is 30.7 Å². The fourth-order valence-electron chi connectivity index (χ4n) is 2.26.